The Balaban J connectivity index is 1.33. The van der Waals surface area contributed by atoms with Crippen molar-refractivity contribution < 1.29 is 14.7 Å². The van der Waals surface area contributed by atoms with E-state index in [0.717, 1.165) is 42.4 Å². The second-order valence-electron chi connectivity index (χ2n) is 12.7. The Bertz CT molecular complexity index is 705. The van der Waals surface area contributed by atoms with Crippen LogP contribution >= 0.6 is 0 Å². The van der Waals surface area contributed by atoms with Crippen molar-refractivity contribution in [3.05, 3.63) is 0 Å². The van der Waals surface area contributed by atoms with Crippen LogP contribution in [0, 0.1) is 46.3 Å². The van der Waals surface area contributed by atoms with Crippen LogP contribution in [0.2, 0.25) is 0 Å². The van der Waals surface area contributed by atoms with Gasteiger partial charge in [0.05, 0.1) is 0 Å². The fraction of sp³-hybridized carbons (Fsp3) is 0.929. The van der Waals surface area contributed by atoms with Crippen LogP contribution in [0.1, 0.15) is 111 Å². The van der Waals surface area contributed by atoms with Gasteiger partial charge in [-0.15, -0.1) is 0 Å². The molecular formula is C28H47NO3. The average Bonchev–Trinajstić information content (AvgIpc) is 3.07. The highest BCUT2D eigenvalue weighted by Gasteiger charge is 2.59. The molecule has 4 rings (SSSR count). The average molecular weight is 446 g/mol. The van der Waals surface area contributed by atoms with Gasteiger partial charge in [-0.1, -0.05) is 40.5 Å². The third kappa shape index (κ3) is 4.25. The van der Waals surface area contributed by atoms with E-state index in [2.05, 4.69) is 19.2 Å². The molecule has 8 unspecified atom stereocenters. The zero-order valence-electron chi connectivity index (χ0n) is 21.0. The number of hydrogen-bond donors (Lipinski definition) is 2. The van der Waals surface area contributed by atoms with Crippen molar-refractivity contribution in [1.29, 1.82) is 0 Å². The van der Waals surface area contributed by atoms with Crippen LogP contribution in [-0.2, 0) is 9.59 Å². The number of nitrogens with one attached hydrogen (secondary N) is 1. The maximum absolute atomic E-state index is 12.4. The summed E-state index contributed by atoms with van der Waals surface area (Å²) in [6.07, 6.45) is 16.8. The van der Waals surface area contributed by atoms with Gasteiger partial charge in [0.15, 0.2) is 0 Å². The number of rotatable bonds is 7. The molecule has 0 heterocycles. The van der Waals surface area contributed by atoms with E-state index in [1.165, 1.54) is 64.2 Å². The summed E-state index contributed by atoms with van der Waals surface area (Å²) in [5.74, 6) is 3.36. The van der Waals surface area contributed by atoms with Crippen LogP contribution in [0.4, 0.5) is 0 Å². The van der Waals surface area contributed by atoms with Crippen LogP contribution in [-0.4, -0.2) is 23.0 Å². The molecule has 0 aliphatic heterocycles. The number of carbonyl (C=O) groups is 2. The molecule has 8 atom stereocenters. The molecule has 0 bridgehead atoms. The third-order valence-electron chi connectivity index (χ3n) is 11.0. The number of amides is 1. The Morgan fingerprint density at radius 1 is 0.938 bits per heavy atom. The predicted octanol–water partition coefficient (Wildman–Crippen LogP) is 6.43. The molecule has 2 N–H and O–H groups in total. The predicted molar refractivity (Wildman–Crippen MR) is 128 cm³/mol. The van der Waals surface area contributed by atoms with Crippen molar-refractivity contribution in [2.45, 2.75) is 117 Å². The molecule has 0 aromatic rings. The van der Waals surface area contributed by atoms with Gasteiger partial charge < -0.3 is 10.4 Å². The monoisotopic (exact) mass is 445 g/mol. The number of fused-ring (bicyclic) bond motifs is 5. The molecule has 0 radical (unpaired) electrons. The van der Waals surface area contributed by atoms with Gasteiger partial charge in [0.2, 0.25) is 5.91 Å². The van der Waals surface area contributed by atoms with Crippen LogP contribution in [0.15, 0.2) is 0 Å². The molecule has 0 saturated heterocycles. The van der Waals surface area contributed by atoms with Crippen molar-refractivity contribution in [2.75, 3.05) is 0 Å². The number of carboxylic acids is 1. The Morgan fingerprint density at radius 3 is 2.41 bits per heavy atom. The number of carbonyl (C=O) groups excluding carboxylic acids is 1. The minimum absolute atomic E-state index is 0.0951. The smallest absolute Gasteiger partial charge is 0.326 e. The Kier molecular flexibility index (Phi) is 6.99. The molecule has 4 nitrogen and oxygen atoms in total. The van der Waals surface area contributed by atoms with Gasteiger partial charge in [0, 0.05) is 6.42 Å². The van der Waals surface area contributed by atoms with E-state index in [9.17, 15) is 14.7 Å². The van der Waals surface area contributed by atoms with Crippen molar-refractivity contribution in [3.8, 4) is 0 Å². The first-order chi connectivity index (χ1) is 15.2. The molecular weight excluding hydrogens is 398 g/mol. The standard InChI is InChI=1S/C28H47NO3/c1-18(2)25(26(31)32)29-24(30)10-7-9-20-12-14-22-21-13-11-19-8-5-6-16-27(19,3)23(21)15-17-28(20,22)4/h18-23,25H,5-17H2,1-4H3,(H,29,30)(H,31,32). The van der Waals surface area contributed by atoms with Gasteiger partial charge in [-0.25, -0.2) is 4.79 Å². The van der Waals surface area contributed by atoms with Crippen molar-refractivity contribution in [2.24, 2.45) is 46.3 Å². The van der Waals surface area contributed by atoms with Crippen LogP contribution in [0.3, 0.4) is 0 Å². The van der Waals surface area contributed by atoms with E-state index in [4.69, 9.17) is 0 Å². The molecule has 4 fully saturated rings. The first kappa shape index (κ1) is 24.1. The van der Waals surface area contributed by atoms with Gasteiger partial charge in [0.25, 0.3) is 0 Å². The highest BCUT2D eigenvalue weighted by Crippen LogP contribution is 2.67. The van der Waals surface area contributed by atoms with Crippen LogP contribution in [0.5, 0.6) is 0 Å². The van der Waals surface area contributed by atoms with Crippen molar-refractivity contribution in [3.63, 3.8) is 0 Å². The lowest BCUT2D eigenvalue weighted by Crippen LogP contribution is -2.52. The largest absolute Gasteiger partial charge is 0.480 e. The molecule has 182 valence electrons. The van der Waals surface area contributed by atoms with Gasteiger partial charge in [0.1, 0.15) is 6.04 Å². The van der Waals surface area contributed by atoms with E-state index in [1.807, 2.05) is 13.8 Å². The van der Waals surface area contributed by atoms with Crippen molar-refractivity contribution >= 4 is 11.9 Å². The molecule has 0 spiro atoms. The number of aliphatic carboxylic acids is 1. The van der Waals surface area contributed by atoms with E-state index < -0.39 is 12.0 Å². The quantitative estimate of drug-likeness (QED) is 0.474. The molecule has 32 heavy (non-hydrogen) atoms. The summed E-state index contributed by atoms with van der Waals surface area (Å²) >= 11 is 0. The summed E-state index contributed by atoms with van der Waals surface area (Å²) in [5, 5.41) is 12.1. The minimum atomic E-state index is -0.933. The fourth-order valence-electron chi connectivity index (χ4n) is 9.15. The topological polar surface area (TPSA) is 66.4 Å². The van der Waals surface area contributed by atoms with E-state index in [1.54, 1.807) is 0 Å². The summed E-state index contributed by atoms with van der Waals surface area (Å²) in [6, 6.07) is -0.776. The zero-order chi connectivity index (χ0) is 23.1. The summed E-state index contributed by atoms with van der Waals surface area (Å²) in [6.45, 7) is 8.93. The Labute approximate surface area is 195 Å². The third-order valence-corrected chi connectivity index (χ3v) is 11.0. The van der Waals surface area contributed by atoms with Crippen LogP contribution < -0.4 is 5.32 Å². The highest BCUT2D eigenvalue weighted by molar-refractivity contribution is 5.83. The lowest BCUT2D eigenvalue weighted by molar-refractivity contribution is -0.143. The molecule has 4 aliphatic carbocycles. The molecule has 4 heteroatoms. The second-order valence-corrected chi connectivity index (χ2v) is 12.7. The number of carboxylic acid groups (broad SMARTS) is 1. The van der Waals surface area contributed by atoms with Gasteiger partial charge in [-0.2, -0.15) is 0 Å². The summed E-state index contributed by atoms with van der Waals surface area (Å²) < 4.78 is 0. The van der Waals surface area contributed by atoms with E-state index in [0.29, 0.717) is 17.3 Å². The Hall–Kier alpha value is -1.06. The normalized spacial score (nSPS) is 42.0. The van der Waals surface area contributed by atoms with E-state index >= 15 is 0 Å². The maximum atomic E-state index is 12.4. The van der Waals surface area contributed by atoms with Gasteiger partial charge in [-0.05, 0) is 111 Å². The first-order valence-electron chi connectivity index (χ1n) is 13.7. The van der Waals surface area contributed by atoms with Gasteiger partial charge >= 0.3 is 5.97 Å². The molecule has 1 amide bonds. The van der Waals surface area contributed by atoms with Crippen LogP contribution in [0.25, 0.3) is 0 Å². The fourth-order valence-corrected chi connectivity index (χ4v) is 9.15. The Morgan fingerprint density at radius 2 is 1.69 bits per heavy atom. The lowest BCUT2D eigenvalue weighted by Gasteiger charge is -2.60. The molecule has 0 aromatic heterocycles. The lowest BCUT2D eigenvalue weighted by atomic mass is 9.45. The maximum Gasteiger partial charge on any atom is 0.326 e. The zero-order valence-corrected chi connectivity index (χ0v) is 21.0. The number of hydrogen-bond acceptors (Lipinski definition) is 2. The van der Waals surface area contributed by atoms with Gasteiger partial charge in [-0.3, -0.25) is 4.79 Å². The summed E-state index contributed by atoms with van der Waals surface area (Å²) in [7, 11) is 0. The first-order valence-corrected chi connectivity index (χ1v) is 13.7. The summed E-state index contributed by atoms with van der Waals surface area (Å²) in [5.41, 5.74) is 1.06. The van der Waals surface area contributed by atoms with Crippen molar-refractivity contribution in [1.82, 2.24) is 5.32 Å². The minimum Gasteiger partial charge on any atom is -0.480 e. The molecule has 4 saturated carbocycles. The van der Waals surface area contributed by atoms with E-state index in [-0.39, 0.29) is 11.8 Å². The summed E-state index contributed by atoms with van der Waals surface area (Å²) in [4.78, 5) is 23.8. The SMILES string of the molecule is CC(C)C(NC(=O)CCCC1CCC2C3CCC4CCCCC4(C)C3CCC12C)C(=O)O. The molecule has 4 aliphatic rings. The highest BCUT2D eigenvalue weighted by atomic mass is 16.4. The second kappa shape index (κ2) is 9.29. The molecule has 0 aromatic carbocycles.